The van der Waals surface area contributed by atoms with Crippen LogP contribution in [0.4, 0.5) is 0 Å². The van der Waals surface area contributed by atoms with Crippen LogP contribution in [0.3, 0.4) is 0 Å². The van der Waals surface area contributed by atoms with E-state index in [9.17, 15) is 0 Å². The largest absolute Gasteiger partial charge is 0.162 e. The zero-order valence-electron chi connectivity index (χ0n) is 5.77. The van der Waals surface area contributed by atoms with E-state index in [2.05, 4.69) is 34.6 Å². The topological polar surface area (TPSA) is 0 Å². The molecule has 1 heterocycles. The summed E-state index contributed by atoms with van der Waals surface area (Å²) in [5.41, 5.74) is 0. The fourth-order valence-electron chi connectivity index (χ4n) is 1.23. The van der Waals surface area contributed by atoms with Crippen LogP contribution in [-0.2, 0) is 0 Å². The van der Waals surface area contributed by atoms with E-state index in [0.717, 1.165) is 10.7 Å². The quantitative estimate of drug-likeness (QED) is 0.630. The lowest BCUT2D eigenvalue weighted by atomic mass is 10.0. The maximum Gasteiger partial charge on any atom is 0.0120 e. The third kappa shape index (κ3) is 2.94. The molecule has 0 radical (unpaired) electrons. The summed E-state index contributed by atoms with van der Waals surface area (Å²) < 4.78 is 0. The first-order chi connectivity index (χ1) is 4.29. The Labute approximate surface area is 69.9 Å². The molecule has 0 aromatic heterocycles. The van der Waals surface area contributed by atoms with E-state index >= 15 is 0 Å². The molecule has 1 saturated heterocycles. The van der Waals surface area contributed by atoms with Gasteiger partial charge in [0.15, 0.2) is 0 Å². The van der Waals surface area contributed by atoms with E-state index in [1.165, 1.54) is 24.3 Å². The van der Waals surface area contributed by atoms with Crippen molar-refractivity contribution in [1.29, 1.82) is 0 Å². The lowest BCUT2D eigenvalue weighted by molar-refractivity contribution is 0.549. The van der Waals surface area contributed by atoms with Gasteiger partial charge in [-0.25, -0.2) is 0 Å². The number of rotatable bonds is 2. The second-order valence-electron chi connectivity index (χ2n) is 2.75. The van der Waals surface area contributed by atoms with Gasteiger partial charge in [0, 0.05) is 4.83 Å². The monoisotopic (exact) mass is 208 g/mol. The van der Waals surface area contributed by atoms with Crippen LogP contribution in [0.15, 0.2) is 0 Å². The number of hydrogen-bond acceptors (Lipinski definition) is 1. The van der Waals surface area contributed by atoms with Gasteiger partial charge in [-0.3, -0.25) is 0 Å². The molecule has 1 aliphatic rings. The lowest BCUT2D eigenvalue weighted by Gasteiger charge is -2.08. The zero-order valence-corrected chi connectivity index (χ0v) is 8.17. The summed E-state index contributed by atoms with van der Waals surface area (Å²) in [6.07, 6.45) is 2.81. The van der Waals surface area contributed by atoms with Gasteiger partial charge in [-0.1, -0.05) is 22.9 Å². The van der Waals surface area contributed by atoms with Gasteiger partial charge >= 0.3 is 0 Å². The Hall–Kier alpha value is 0.830. The highest BCUT2D eigenvalue weighted by molar-refractivity contribution is 9.09. The van der Waals surface area contributed by atoms with Crippen LogP contribution in [-0.4, -0.2) is 16.3 Å². The molecule has 0 aliphatic carbocycles. The van der Waals surface area contributed by atoms with Crippen LogP contribution in [0.1, 0.15) is 19.8 Å². The van der Waals surface area contributed by atoms with Crippen molar-refractivity contribution in [2.24, 2.45) is 5.92 Å². The molecule has 2 heteroatoms. The summed E-state index contributed by atoms with van der Waals surface area (Å²) in [4.78, 5) is 0.723. The first kappa shape index (κ1) is 7.93. The second kappa shape index (κ2) is 3.87. The first-order valence-electron chi connectivity index (χ1n) is 3.51. The molecule has 0 N–H and O–H groups in total. The van der Waals surface area contributed by atoms with Crippen molar-refractivity contribution in [3.63, 3.8) is 0 Å². The highest BCUT2D eigenvalue weighted by Crippen LogP contribution is 2.28. The van der Waals surface area contributed by atoms with Gasteiger partial charge in [0.1, 0.15) is 0 Å². The molecule has 1 aliphatic heterocycles. The maximum absolute atomic E-state index is 3.58. The van der Waals surface area contributed by atoms with Crippen LogP contribution in [0, 0.1) is 5.92 Å². The van der Waals surface area contributed by atoms with Gasteiger partial charge in [-0.05, 0) is 30.3 Å². The van der Waals surface area contributed by atoms with E-state index in [1.807, 2.05) is 0 Å². The molecule has 1 fully saturated rings. The fourth-order valence-corrected chi connectivity index (χ4v) is 3.06. The minimum absolute atomic E-state index is 0.723. The SMILES string of the molecule is CC(Br)CC1CCSC1. The van der Waals surface area contributed by atoms with E-state index < -0.39 is 0 Å². The van der Waals surface area contributed by atoms with Crippen molar-refractivity contribution < 1.29 is 0 Å². The normalized spacial score (nSPS) is 30.7. The smallest absolute Gasteiger partial charge is 0.0120 e. The maximum atomic E-state index is 3.58. The third-order valence-electron chi connectivity index (χ3n) is 1.68. The van der Waals surface area contributed by atoms with Gasteiger partial charge in [-0.2, -0.15) is 11.8 Å². The minimum Gasteiger partial charge on any atom is -0.162 e. The van der Waals surface area contributed by atoms with Gasteiger partial charge in [0.2, 0.25) is 0 Å². The molecule has 0 amide bonds. The second-order valence-corrected chi connectivity index (χ2v) is 5.46. The summed E-state index contributed by atoms with van der Waals surface area (Å²) in [6.45, 7) is 2.24. The molecule has 0 bridgehead atoms. The molecular formula is C7H13BrS. The highest BCUT2D eigenvalue weighted by Gasteiger charge is 2.16. The van der Waals surface area contributed by atoms with Crippen molar-refractivity contribution in [2.75, 3.05) is 11.5 Å². The average molecular weight is 209 g/mol. The number of thioether (sulfide) groups is 1. The molecule has 2 atom stereocenters. The Balaban J connectivity index is 2.11. The lowest BCUT2D eigenvalue weighted by Crippen LogP contribution is -2.03. The molecule has 0 spiro atoms. The van der Waals surface area contributed by atoms with Crippen LogP contribution in [0.25, 0.3) is 0 Å². The summed E-state index contributed by atoms with van der Waals surface area (Å²) in [5.74, 6) is 3.80. The van der Waals surface area contributed by atoms with Crippen molar-refractivity contribution in [1.82, 2.24) is 0 Å². The summed E-state index contributed by atoms with van der Waals surface area (Å²) in [6, 6.07) is 0. The summed E-state index contributed by atoms with van der Waals surface area (Å²) in [7, 11) is 0. The van der Waals surface area contributed by atoms with E-state index in [0.29, 0.717) is 0 Å². The number of halogens is 1. The number of alkyl halides is 1. The predicted octanol–water partition coefficient (Wildman–Crippen LogP) is 2.91. The molecule has 1 rings (SSSR count). The Bertz CT molecular complexity index is 77.0. The fraction of sp³-hybridized carbons (Fsp3) is 1.00. The minimum atomic E-state index is 0.723. The van der Waals surface area contributed by atoms with Gasteiger partial charge in [-0.15, -0.1) is 0 Å². The molecule has 9 heavy (non-hydrogen) atoms. The van der Waals surface area contributed by atoms with Crippen molar-refractivity contribution in [3.8, 4) is 0 Å². The van der Waals surface area contributed by atoms with Gasteiger partial charge in [0.25, 0.3) is 0 Å². The Kier molecular flexibility index (Phi) is 3.41. The van der Waals surface area contributed by atoms with E-state index in [1.54, 1.807) is 0 Å². The van der Waals surface area contributed by atoms with Crippen LogP contribution < -0.4 is 0 Å². The summed E-state index contributed by atoms with van der Waals surface area (Å²) >= 11 is 5.68. The molecule has 0 aromatic rings. The summed E-state index contributed by atoms with van der Waals surface area (Å²) in [5, 5.41) is 0. The Morgan fingerprint density at radius 3 is 3.00 bits per heavy atom. The first-order valence-corrected chi connectivity index (χ1v) is 5.58. The van der Waals surface area contributed by atoms with Crippen molar-refractivity contribution in [3.05, 3.63) is 0 Å². The van der Waals surface area contributed by atoms with Crippen molar-refractivity contribution >= 4 is 27.7 Å². The molecule has 2 unspecified atom stereocenters. The van der Waals surface area contributed by atoms with Crippen LogP contribution in [0.2, 0.25) is 0 Å². The molecule has 0 aromatic carbocycles. The molecule has 54 valence electrons. The standard InChI is InChI=1S/C7H13BrS/c1-6(8)4-7-2-3-9-5-7/h6-7H,2-5H2,1H3. The Morgan fingerprint density at radius 1 is 1.78 bits per heavy atom. The van der Waals surface area contributed by atoms with E-state index in [-0.39, 0.29) is 0 Å². The number of hydrogen-bond donors (Lipinski definition) is 0. The van der Waals surface area contributed by atoms with Gasteiger partial charge < -0.3 is 0 Å². The van der Waals surface area contributed by atoms with Crippen molar-refractivity contribution in [2.45, 2.75) is 24.6 Å². The van der Waals surface area contributed by atoms with Gasteiger partial charge in [0.05, 0.1) is 0 Å². The average Bonchev–Trinajstić information content (AvgIpc) is 2.15. The molecular weight excluding hydrogens is 196 g/mol. The van der Waals surface area contributed by atoms with Crippen LogP contribution >= 0.6 is 27.7 Å². The predicted molar refractivity (Wildman–Crippen MR) is 48.4 cm³/mol. The van der Waals surface area contributed by atoms with Crippen LogP contribution in [0.5, 0.6) is 0 Å². The molecule has 0 nitrogen and oxygen atoms in total. The van der Waals surface area contributed by atoms with E-state index in [4.69, 9.17) is 0 Å². The zero-order chi connectivity index (χ0) is 6.69. The third-order valence-corrected chi connectivity index (χ3v) is 3.29. The highest BCUT2D eigenvalue weighted by atomic mass is 79.9. The molecule has 0 saturated carbocycles. The Morgan fingerprint density at radius 2 is 2.56 bits per heavy atom.